The summed E-state index contributed by atoms with van der Waals surface area (Å²) in [4.78, 5) is 22.3. The molecule has 0 saturated heterocycles. The molecule has 0 bridgehead atoms. The smallest absolute Gasteiger partial charge is 0.258 e. The molecule has 0 aliphatic heterocycles. The molecule has 0 spiro atoms. The monoisotopic (exact) mass is 250 g/mol. The van der Waals surface area contributed by atoms with Gasteiger partial charge in [0.2, 0.25) is 5.91 Å². The Bertz CT molecular complexity index is 424. The summed E-state index contributed by atoms with van der Waals surface area (Å²) in [5.74, 6) is 0.0927. The number of hydrogen-bond acceptors (Lipinski definition) is 3. The summed E-state index contributed by atoms with van der Waals surface area (Å²) in [6.45, 7) is 3.79. The molecule has 0 atom stereocenters. The fraction of sp³-hybridized carbons (Fsp3) is 0.385. The highest BCUT2D eigenvalue weighted by Gasteiger charge is 2.05. The van der Waals surface area contributed by atoms with E-state index in [0.717, 1.165) is 11.1 Å². The molecule has 2 N–H and O–H groups in total. The van der Waals surface area contributed by atoms with E-state index in [9.17, 15) is 9.59 Å². The second-order valence-corrected chi connectivity index (χ2v) is 4.06. The van der Waals surface area contributed by atoms with Gasteiger partial charge in [-0.1, -0.05) is 6.07 Å². The van der Waals surface area contributed by atoms with Gasteiger partial charge in [0.05, 0.1) is 6.54 Å². The fourth-order valence-corrected chi connectivity index (χ4v) is 1.48. The van der Waals surface area contributed by atoms with E-state index in [0.29, 0.717) is 5.75 Å². The first kappa shape index (κ1) is 14.0. The van der Waals surface area contributed by atoms with Crippen LogP contribution in [0.15, 0.2) is 18.2 Å². The van der Waals surface area contributed by atoms with E-state index < -0.39 is 0 Å². The van der Waals surface area contributed by atoms with Gasteiger partial charge in [-0.2, -0.15) is 0 Å². The summed E-state index contributed by atoms with van der Waals surface area (Å²) in [7, 11) is 1.51. The quantitative estimate of drug-likeness (QED) is 0.801. The third kappa shape index (κ3) is 4.86. The minimum absolute atomic E-state index is 0.0362. The van der Waals surface area contributed by atoms with Crippen LogP contribution in [0.5, 0.6) is 5.75 Å². The topological polar surface area (TPSA) is 67.4 Å². The molecule has 2 amide bonds. The number of likely N-dealkylation sites (N-methyl/N-ethyl adjacent to an activating group) is 1. The van der Waals surface area contributed by atoms with E-state index >= 15 is 0 Å². The van der Waals surface area contributed by atoms with Crippen LogP contribution in [-0.2, 0) is 9.59 Å². The molecule has 98 valence electrons. The van der Waals surface area contributed by atoms with Crippen molar-refractivity contribution >= 4 is 11.8 Å². The molecule has 1 aromatic rings. The van der Waals surface area contributed by atoms with Crippen LogP contribution in [0.3, 0.4) is 0 Å². The molecule has 0 saturated carbocycles. The van der Waals surface area contributed by atoms with E-state index in [-0.39, 0.29) is 25.0 Å². The number of ether oxygens (including phenoxy) is 1. The number of rotatable bonds is 5. The third-order valence-corrected chi connectivity index (χ3v) is 2.29. The van der Waals surface area contributed by atoms with Crippen LogP contribution in [0.2, 0.25) is 0 Å². The first-order valence-corrected chi connectivity index (χ1v) is 5.69. The predicted octanol–water partition coefficient (Wildman–Crippen LogP) is 0.544. The van der Waals surface area contributed by atoms with Crippen molar-refractivity contribution in [1.29, 1.82) is 0 Å². The summed E-state index contributed by atoms with van der Waals surface area (Å²) in [5, 5.41) is 4.87. The largest absolute Gasteiger partial charge is 0.484 e. The SMILES string of the molecule is CNC(=O)CNC(=O)COc1cc(C)cc(C)c1. The summed E-state index contributed by atoms with van der Waals surface area (Å²) >= 11 is 0. The van der Waals surface area contributed by atoms with E-state index in [2.05, 4.69) is 10.6 Å². The van der Waals surface area contributed by atoms with Gasteiger partial charge in [0.15, 0.2) is 6.61 Å². The van der Waals surface area contributed by atoms with E-state index in [1.165, 1.54) is 7.05 Å². The molecule has 0 aliphatic rings. The molecular weight excluding hydrogens is 232 g/mol. The van der Waals surface area contributed by atoms with Crippen molar-refractivity contribution in [2.24, 2.45) is 0 Å². The second kappa shape index (κ2) is 6.64. The molecule has 0 radical (unpaired) electrons. The first-order chi connectivity index (χ1) is 8.51. The van der Waals surface area contributed by atoms with Gasteiger partial charge in [-0.05, 0) is 37.1 Å². The maximum Gasteiger partial charge on any atom is 0.258 e. The Morgan fingerprint density at radius 3 is 2.28 bits per heavy atom. The van der Waals surface area contributed by atoms with Crippen LogP contribution < -0.4 is 15.4 Å². The van der Waals surface area contributed by atoms with Crippen molar-refractivity contribution in [1.82, 2.24) is 10.6 Å². The molecule has 5 nitrogen and oxygen atoms in total. The molecule has 0 fully saturated rings. The van der Waals surface area contributed by atoms with Crippen LogP contribution in [0.1, 0.15) is 11.1 Å². The maximum absolute atomic E-state index is 11.4. The Hall–Kier alpha value is -2.04. The molecule has 0 aliphatic carbocycles. The summed E-state index contributed by atoms with van der Waals surface area (Å²) in [6, 6.07) is 5.75. The zero-order valence-electron chi connectivity index (χ0n) is 10.9. The average molecular weight is 250 g/mol. The van der Waals surface area contributed by atoms with Crippen LogP contribution in [-0.4, -0.2) is 32.0 Å². The normalized spacial score (nSPS) is 9.72. The van der Waals surface area contributed by atoms with Gasteiger partial charge in [-0.15, -0.1) is 0 Å². The summed E-state index contributed by atoms with van der Waals surface area (Å²) in [6.07, 6.45) is 0. The molecule has 5 heteroatoms. The molecule has 18 heavy (non-hydrogen) atoms. The van der Waals surface area contributed by atoms with Gasteiger partial charge in [-0.25, -0.2) is 0 Å². The van der Waals surface area contributed by atoms with Crippen LogP contribution in [0.25, 0.3) is 0 Å². The van der Waals surface area contributed by atoms with Crippen molar-refractivity contribution in [2.75, 3.05) is 20.2 Å². The second-order valence-electron chi connectivity index (χ2n) is 4.06. The minimum Gasteiger partial charge on any atom is -0.484 e. The average Bonchev–Trinajstić information content (AvgIpc) is 2.32. The fourth-order valence-electron chi connectivity index (χ4n) is 1.48. The Labute approximate surface area is 107 Å². The highest BCUT2D eigenvalue weighted by molar-refractivity contribution is 5.85. The Kier molecular flexibility index (Phi) is 5.17. The van der Waals surface area contributed by atoms with Gasteiger partial charge >= 0.3 is 0 Å². The van der Waals surface area contributed by atoms with E-state index in [4.69, 9.17) is 4.74 Å². The van der Waals surface area contributed by atoms with Crippen molar-refractivity contribution < 1.29 is 14.3 Å². The van der Waals surface area contributed by atoms with Crippen molar-refractivity contribution in [2.45, 2.75) is 13.8 Å². The Morgan fingerprint density at radius 1 is 1.11 bits per heavy atom. The van der Waals surface area contributed by atoms with Crippen molar-refractivity contribution in [3.8, 4) is 5.75 Å². The predicted molar refractivity (Wildman–Crippen MR) is 68.5 cm³/mol. The lowest BCUT2D eigenvalue weighted by Gasteiger charge is -2.08. The van der Waals surface area contributed by atoms with Gasteiger partial charge < -0.3 is 15.4 Å². The Morgan fingerprint density at radius 2 is 1.72 bits per heavy atom. The number of aryl methyl sites for hydroxylation is 2. The third-order valence-electron chi connectivity index (χ3n) is 2.29. The standard InChI is InChI=1S/C13H18N2O3/c1-9-4-10(2)6-11(5-9)18-8-13(17)15-7-12(16)14-3/h4-6H,7-8H2,1-3H3,(H,14,16)(H,15,17). The molecule has 0 aromatic heterocycles. The number of hydrogen-bond donors (Lipinski definition) is 2. The van der Waals surface area contributed by atoms with E-state index in [1.54, 1.807) is 0 Å². The van der Waals surface area contributed by atoms with Crippen LogP contribution >= 0.6 is 0 Å². The number of carbonyl (C=O) groups excluding carboxylic acids is 2. The van der Waals surface area contributed by atoms with Gasteiger partial charge in [0, 0.05) is 7.05 Å². The number of nitrogens with one attached hydrogen (secondary N) is 2. The molecule has 0 heterocycles. The maximum atomic E-state index is 11.4. The van der Waals surface area contributed by atoms with Gasteiger partial charge in [0.1, 0.15) is 5.75 Å². The molecule has 1 aromatic carbocycles. The van der Waals surface area contributed by atoms with Crippen molar-refractivity contribution in [3.05, 3.63) is 29.3 Å². The number of carbonyl (C=O) groups is 2. The molecule has 1 rings (SSSR count). The van der Waals surface area contributed by atoms with E-state index in [1.807, 2.05) is 32.0 Å². The highest BCUT2D eigenvalue weighted by Crippen LogP contribution is 2.15. The lowest BCUT2D eigenvalue weighted by molar-refractivity contribution is -0.127. The molecular formula is C13H18N2O3. The molecule has 0 unspecified atom stereocenters. The number of benzene rings is 1. The van der Waals surface area contributed by atoms with Crippen LogP contribution in [0, 0.1) is 13.8 Å². The Balaban J connectivity index is 2.40. The zero-order valence-corrected chi connectivity index (χ0v) is 10.9. The van der Waals surface area contributed by atoms with Crippen LogP contribution in [0.4, 0.5) is 0 Å². The zero-order chi connectivity index (χ0) is 13.5. The number of amides is 2. The lowest BCUT2D eigenvalue weighted by atomic mass is 10.1. The van der Waals surface area contributed by atoms with Gasteiger partial charge in [-0.3, -0.25) is 9.59 Å². The lowest BCUT2D eigenvalue weighted by Crippen LogP contribution is -2.37. The first-order valence-electron chi connectivity index (χ1n) is 5.69. The summed E-state index contributed by atoms with van der Waals surface area (Å²) in [5.41, 5.74) is 2.16. The summed E-state index contributed by atoms with van der Waals surface area (Å²) < 4.78 is 5.35. The minimum atomic E-state index is -0.322. The van der Waals surface area contributed by atoms with Gasteiger partial charge in [0.25, 0.3) is 5.91 Å². The van der Waals surface area contributed by atoms with Crippen molar-refractivity contribution in [3.63, 3.8) is 0 Å². The highest BCUT2D eigenvalue weighted by atomic mass is 16.5.